The normalized spacial score (nSPS) is 10.1. The average Bonchev–Trinajstić information content (AvgIpc) is 2.31. The van der Waals surface area contributed by atoms with Gasteiger partial charge in [-0.25, -0.2) is 0 Å². The summed E-state index contributed by atoms with van der Waals surface area (Å²) >= 11 is 5.97. The fourth-order valence-corrected chi connectivity index (χ4v) is 1.42. The lowest BCUT2D eigenvalue weighted by Crippen LogP contribution is -2.32. The molecule has 0 atom stereocenters. The van der Waals surface area contributed by atoms with Gasteiger partial charge in [0.2, 0.25) is 5.91 Å². The molecule has 1 aromatic carbocycles. The molecule has 5 heteroatoms. The smallest absolute Gasteiger partial charge is 0.239 e. The van der Waals surface area contributed by atoms with Crippen LogP contribution in [0.2, 0.25) is 5.02 Å². The van der Waals surface area contributed by atoms with Crippen molar-refractivity contribution >= 4 is 23.2 Å². The zero-order chi connectivity index (χ0) is 12.7. The van der Waals surface area contributed by atoms with E-state index in [0.29, 0.717) is 18.2 Å². The van der Waals surface area contributed by atoms with Crippen LogP contribution in [0.5, 0.6) is 0 Å². The highest BCUT2D eigenvalue weighted by atomic mass is 35.5. The van der Waals surface area contributed by atoms with Gasteiger partial charge in [0.05, 0.1) is 13.2 Å². The number of halogens is 1. The van der Waals surface area contributed by atoms with Gasteiger partial charge in [0.25, 0.3) is 0 Å². The zero-order valence-electron chi connectivity index (χ0n) is 10.0. The van der Waals surface area contributed by atoms with E-state index in [9.17, 15) is 4.79 Å². The maximum absolute atomic E-state index is 11.4. The Kier molecular flexibility index (Phi) is 5.80. The van der Waals surface area contributed by atoms with Crippen molar-refractivity contribution in [3.8, 4) is 0 Å². The number of methoxy groups -OCH3 is 1. The van der Waals surface area contributed by atoms with Crippen molar-refractivity contribution < 1.29 is 9.53 Å². The number of nitrogens with one attached hydrogen (secondary N) is 2. The zero-order valence-corrected chi connectivity index (χ0v) is 10.8. The second-order valence-electron chi connectivity index (χ2n) is 3.66. The van der Waals surface area contributed by atoms with E-state index in [1.165, 1.54) is 0 Å². The fourth-order valence-electron chi connectivity index (χ4n) is 1.24. The summed E-state index contributed by atoms with van der Waals surface area (Å²) < 4.78 is 4.83. The first kappa shape index (κ1) is 13.8. The predicted octanol–water partition coefficient (Wildman–Crippen LogP) is 1.82. The molecule has 1 rings (SSSR count). The average molecular weight is 257 g/mol. The lowest BCUT2D eigenvalue weighted by atomic mass is 10.2. The Morgan fingerprint density at radius 1 is 1.47 bits per heavy atom. The van der Waals surface area contributed by atoms with Crippen LogP contribution in [0.15, 0.2) is 18.2 Å². The molecule has 4 nitrogen and oxygen atoms in total. The van der Waals surface area contributed by atoms with Crippen molar-refractivity contribution in [3.05, 3.63) is 28.8 Å². The Labute approximate surface area is 106 Å². The molecule has 17 heavy (non-hydrogen) atoms. The molecule has 1 amide bonds. The van der Waals surface area contributed by atoms with Crippen LogP contribution in [-0.4, -0.2) is 32.7 Å². The highest BCUT2D eigenvalue weighted by Gasteiger charge is 2.01. The molecule has 0 heterocycles. The molecule has 0 saturated heterocycles. The van der Waals surface area contributed by atoms with Crippen LogP contribution in [0.25, 0.3) is 0 Å². The van der Waals surface area contributed by atoms with Crippen molar-refractivity contribution in [3.63, 3.8) is 0 Å². The van der Waals surface area contributed by atoms with Crippen molar-refractivity contribution in [2.24, 2.45) is 0 Å². The standard InChI is InChI=1S/C12H17ClN2O2/c1-9-3-4-10(7-11(9)13)15-8-12(16)14-5-6-17-2/h3-4,7,15H,5-6,8H2,1-2H3,(H,14,16). The van der Waals surface area contributed by atoms with Crippen LogP contribution in [-0.2, 0) is 9.53 Å². The van der Waals surface area contributed by atoms with Gasteiger partial charge in [-0.15, -0.1) is 0 Å². The van der Waals surface area contributed by atoms with E-state index in [0.717, 1.165) is 11.3 Å². The largest absolute Gasteiger partial charge is 0.383 e. The number of hydrogen-bond donors (Lipinski definition) is 2. The third-order valence-corrected chi connectivity index (χ3v) is 2.66. The molecule has 0 saturated carbocycles. The van der Waals surface area contributed by atoms with E-state index in [-0.39, 0.29) is 12.5 Å². The summed E-state index contributed by atoms with van der Waals surface area (Å²) in [5, 5.41) is 6.41. The number of hydrogen-bond acceptors (Lipinski definition) is 3. The summed E-state index contributed by atoms with van der Waals surface area (Å²) in [6.45, 7) is 3.19. The number of rotatable bonds is 6. The minimum atomic E-state index is -0.0706. The molecule has 2 N–H and O–H groups in total. The molecule has 0 aliphatic carbocycles. The monoisotopic (exact) mass is 256 g/mol. The molecule has 0 unspecified atom stereocenters. The Morgan fingerprint density at radius 3 is 2.88 bits per heavy atom. The molecule has 0 radical (unpaired) electrons. The number of carbonyl (C=O) groups is 1. The van der Waals surface area contributed by atoms with Crippen LogP contribution in [0.4, 0.5) is 5.69 Å². The number of benzene rings is 1. The fraction of sp³-hybridized carbons (Fsp3) is 0.417. The van der Waals surface area contributed by atoms with Crippen molar-refractivity contribution in [1.82, 2.24) is 5.32 Å². The number of anilines is 1. The third kappa shape index (κ3) is 5.06. The molecule has 0 bridgehead atoms. The quantitative estimate of drug-likeness (QED) is 0.764. The number of ether oxygens (including phenoxy) is 1. The topological polar surface area (TPSA) is 50.4 Å². The van der Waals surface area contributed by atoms with Crippen LogP contribution >= 0.6 is 11.6 Å². The lowest BCUT2D eigenvalue weighted by Gasteiger charge is -2.08. The van der Waals surface area contributed by atoms with Gasteiger partial charge in [-0.2, -0.15) is 0 Å². The Hall–Kier alpha value is -1.26. The second kappa shape index (κ2) is 7.14. The first-order valence-electron chi connectivity index (χ1n) is 5.39. The second-order valence-corrected chi connectivity index (χ2v) is 4.07. The van der Waals surface area contributed by atoms with E-state index in [4.69, 9.17) is 16.3 Å². The SMILES string of the molecule is COCCNC(=O)CNc1ccc(C)c(Cl)c1. The van der Waals surface area contributed by atoms with Gasteiger partial charge in [-0.3, -0.25) is 4.79 Å². The predicted molar refractivity (Wildman–Crippen MR) is 69.6 cm³/mol. The van der Waals surface area contributed by atoms with E-state index < -0.39 is 0 Å². The maximum atomic E-state index is 11.4. The van der Waals surface area contributed by atoms with Crippen LogP contribution in [0.1, 0.15) is 5.56 Å². The molecule has 0 aromatic heterocycles. The van der Waals surface area contributed by atoms with E-state index in [2.05, 4.69) is 10.6 Å². The Morgan fingerprint density at radius 2 is 2.24 bits per heavy atom. The van der Waals surface area contributed by atoms with Crippen molar-refractivity contribution in [2.75, 3.05) is 32.1 Å². The van der Waals surface area contributed by atoms with Gasteiger partial charge in [-0.1, -0.05) is 17.7 Å². The van der Waals surface area contributed by atoms with Gasteiger partial charge in [-0.05, 0) is 24.6 Å². The van der Waals surface area contributed by atoms with Crippen LogP contribution < -0.4 is 10.6 Å². The minimum absolute atomic E-state index is 0.0706. The highest BCUT2D eigenvalue weighted by molar-refractivity contribution is 6.31. The number of carbonyl (C=O) groups excluding carboxylic acids is 1. The van der Waals surface area contributed by atoms with Crippen LogP contribution in [0, 0.1) is 6.92 Å². The summed E-state index contributed by atoms with van der Waals surface area (Å²) in [5.41, 5.74) is 1.85. The summed E-state index contributed by atoms with van der Waals surface area (Å²) in [6.07, 6.45) is 0. The molecule has 0 spiro atoms. The maximum Gasteiger partial charge on any atom is 0.239 e. The lowest BCUT2D eigenvalue weighted by molar-refractivity contribution is -0.119. The first-order chi connectivity index (χ1) is 8.13. The first-order valence-corrected chi connectivity index (χ1v) is 5.77. The van der Waals surface area contributed by atoms with Gasteiger partial charge >= 0.3 is 0 Å². The highest BCUT2D eigenvalue weighted by Crippen LogP contribution is 2.19. The molecule has 94 valence electrons. The van der Waals surface area contributed by atoms with E-state index >= 15 is 0 Å². The van der Waals surface area contributed by atoms with Gasteiger partial charge in [0.15, 0.2) is 0 Å². The third-order valence-electron chi connectivity index (χ3n) is 2.25. The van der Waals surface area contributed by atoms with Crippen molar-refractivity contribution in [1.29, 1.82) is 0 Å². The number of amides is 1. The summed E-state index contributed by atoms with van der Waals surface area (Å²) in [6, 6.07) is 5.61. The minimum Gasteiger partial charge on any atom is -0.383 e. The summed E-state index contributed by atoms with van der Waals surface area (Å²) in [7, 11) is 1.60. The van der Waals surface area contributed by atoms with Gasteiger partial charge < -0.3 is 15.4 Å². The Balaban J connectivity index is 2.34. The Bertz CT molecular complexity index is 383. The summed E-state index contributed by atoms with van der Waals surface area (Å²) in [5.74, 6) is -0.0706. The molecule has 0 aliphatic rings. The molecular formula is C12H17ClN2O2. The molecule has 0 fully saturated rings. The van der Waals surface area contributed by atoms with Gasteiger partial charge in [0.1, 0.15) is 0 Å². The van der Waals surface area contributed by atoms with E-state index in [1.807, 2.05) is 19.1 Å². The van der Waals surface area contributed by atoms with Crippen LogP contribution in [0.3, 0.4) is 0 Å². The summed E-state index contributed by atoms with van der Waals surface area (Å²) in [4.78, 5) is 11.4. The van der Waals surface area contributed by atoms with E-state index in [1.54, 1.807) is 13.2 Å². The van der Waals surface area contributed by atoms with Crippen molar-refractivity contribution in [2.45, 2.75) is 6.92 Å². The molecule has 0 aliphatic heterocycles. The molecule has 1 aromatic rings. The number of aryl methyl sites for hydroxylation is 1. The van der Waals surface area contributed by atoms with Gasteiger partial charge in [0, 0.05) is 24.4 Å². The molecular weight excluding hydrogens is 240 g/mol.